The smallest absolute Gasteiger partial charge is 0.235 e. The molecular weight excluding hydrogens is 238 g/mol. The molecule has 2 aromatic rings. The van der Waals surface area contributed by atoms with E-state index in [1.165, 1.54) is 0 Å². The first-order chi connectivity index (χ1) is 9.12. The monoisotopic (exact) mass is 257 g/mol. The van der Waals surface area contributed by atoms with E-state index in [0.717, 1.165) is 17.8 Å². The van der Waals surface area contributed by atoms with Gasteiger partial charge in [-0.15, -0.1) is 0 Å². The Morgan fingerprint density at radius 2 is 2.05 bits per heavy atom. The Morgan fingerprint density at radius 1 is 1.37 bits per heavy atom. The third-order valence-electron chi connectivity index (χ3n) is 4.02. The Kier molecular flexibility index (Phi) is 2.90. The minimum Gasteiger partial charge on any atom is -0.339 e. The molecule has 1 heterocycles. The van der Waals surface area contributed by atoms with Gasteiger partial charge in [0, 0.05) is 12.5 Å². The maximum Gasteiger partial charge on any atom is 0.235 e. The van der Waals surface area contributed by atoms with Crippen LogP contribution in [0.3, 0.4) is 0 Å². The maximum atomic E-state index is 5.86. The summed E-state index contributed by atoms with van der Waals surface area (Å²) in [5.74, 6) is 1.88. The van der Waals surface area contributed by atoms with E-state index in [-0.39, 0.29) is 5.92 Å². The van der Waals surface area contributed by atoms with Crippen LogP contribution >= 0.6 is 0 Å². The Hall–Kier alpha value is -1.68. The summed E-state index contributed by atoms with van der Waals surface area (Å²) in [4.78, 5) is 4.56. The van der Waals surface area contributed by atoms with Crippen molar-refractivity contribution >= 4 is 0 Å². The zero-order chi connectivity index (χ0) is 13.5. The van der Waals surface area contributed by atoms with E-state index in [1.54, 1.807) is 0 Å². The summed E-state index contributed by atoms with van der Waals surface area (Å²) in [5.41, 5.74) is 7.30. The van der Waals surface area contributed by atoms with Crippen LogP contribution in [0.15, 0.2) is 34.9 Å². The summed E-state index contributed by atoms with van der Waals surface area (Å²) >= 11 is 0. The molecule has 2 N–H and O–H groups in total. The topological polar surface area (TPSA) is 64.9 Å². The fourth-order valence-electron chi connectivity index (χ4n) is 2.50. The van der Waals surface area contributed by atoms with Gasteiger partial charge in [0.1, 0.15) is 0 Å². The highest BCUT2D eigenvalue weighted by molar-refractivity contribution is 5.25. The van der Waals surface area contributed by atoms with Gasteiger partial charge in [-0.05, 0) is 17.4 Å². The quantitative estimate of drug-likeness (QED) is 0.914. The van der Waals surface area contributed by atoms with E-state index < -0.39 is 0 Å². The first kappa shape index (κ1) is 12.4. The zero-order valence-electron chi connectivity index (χ0n) is 11.3. The predicted octanol–water partition coefficient (Wildman–Crippen LogP) is 2.67. The summed E-state index contributed by atoms with van der Waals surface area (Å²) in [7, 11) is 0. The maximum absolute atomic E-state index is 5.86. The number of aromatic nitrogens is 2. The summed E-state index contributed by atoms with van der Waals surface area (Å²) < 4.78 is 5.43. The van der Waals surface area contributed by atoms with Gasteiger partial charge in [-0.25, -0.2) is 0 Å². The molecule has 1 saturated carbocycles. The SMILES string of the molecule is CC1(C)CC1c1noc(C(CN)c2ccccc2)n1. The molecule has 1 aliphatic carbocycles. The number of benzene rings is 1. The first-order valence-electron chi connectivity index (χ1n) is 6.70. The lowest BCUT2D eigenvalue weighted by Crippen LogP contribution is -2.14. The molecule has 0 aliphatic heterocycles. The van der Waals surface area contributed by atoms with Crippen molar-refractivity contribution in [1.29, 1.82) is 0 Å². The van der Waals surface area contributed by atoms with E-state index in [4.69, 9.17) is 10.3 Å². The molecule has 2 atom stereocenters. The number of hydrogen-bond acceptors (Lipinski definition) is 4. The second-order valence-electron chi connectivity index (χ2n) is 5.94. The van der Waals surface area contributed by atoms with Gasteiger partial charge in [-0.1, -0.05) is 49.3 Å². The number of hydrogen-bond donors (Lipinski definition) is 1. The molecule has 1 aromatic carbocycles. The molecule has 100 valence electrons. The fourth-order valence-corrected chi connectivity index (χ4v) is 2.50. The lowest BCUT2D eigenvalue weighted by atomic mass is 9.99. The largest absolute Gasteiger partial charge is 0.339 e. The van der Waals surface area contributed by atoms with Crippen molar-refractivity contribution in [3.05, 3.63) is 47.6 Å². The van der Waals surface area contributed by atoms with Crippen LogP contribution in [-0.4, -0.2) is 16.7 Å². The van der Waals surface area contributed by atoms with E-state index in [1.807, 2.05) is 30.3 Å². The molecule has 0 spiro atoms. The molecule has 4 heteroatoms. The molecule has 0 amide bonds. The standard InChI is InChI=1S/C15H19N3O/c1-15(2)8-12(15)13-17-14(19-18-13)11(9-16)10-6-4-3-5-7-10/h3-7,11-12H,8-9,16H2,1-2H3. The first-order valence-corrected chi connectivity index (χ1v) is 6.70. The average Bonchev–Trinajstić information content (AvgIpc) is 2.85. The van der Waals surface area contributed by atoms with Crippen LogP contribution in [0.5, 0.6) is 0 Å². The Bertz CT molecular complexity index is 562. The fraction of sp³-hybridized carbons (Fsp3) is 0.467. The van der Waals surface area contributed by atoms with Crippen LogP contribution in [0.1, 0.15) is 49.4 Å². The molecule has 1 aromatic heterocycles. The number of rotatable bonds is 4. The van der Waals surface area contributed by atoms with E-state index in [0.29, 0.717) is 23.8 Å². The van der Waals surface area contributed by atoms with Gasteiger partial charge in [-0.2, -0.15) is 4.98 Å². The minimum absolute atomic E-state index is 0.00990. The van der Waals surface area contributed by atoms with Crippen molar-refractivity contribution in [2.75, 3.05) is 6.54 Å². The van der Waals surface area contributed by atoms with Gasteiger partial charge in [0.15, 0.2) is 5.82 Å². The lowest BCUT2D eigenvalue weighted by Gasteiger charge is -2.09. The van der Waals surface area contributed by atoms with Gasteiger partial charge in [0.25, 0.3) is 0 Å². The van der Waals surface area contributed by atoms with Crippen LogP contribution in [0.4, 0.5) is 0 Å². The summed E-state index contributed by atoms with van der Waals surface area (Å²) in [6, 6.07) is 10.1. The van der Waals surface area contributed by atoms with Crippen molar-refractivity contribution < 1.29 is 4.52 Å². The molecule has 1 fully saturated rings. The average molecular weight is 257 g/mol. The molecule has 4 nitrogen and oxygen atoms in total. The summed E-state index contributed by atoms with van der Waals surface area (Å²) in [6.07, 6.45) is 1.13. The van der Waals surface area contributed by atoms with Crippen molar-refractivity contribution in [2.45, 2.75) is 32.1 Å². The third kappa shape index (κ3) is 2.28. The minimum atomic E-state index is -0.00990. The summed E-state index contributed by atoms with van der Waals surface area (Å²) in [5, 5.41) is 4.13. The van der Waals surface area contributed by atoms with Gasteiger partial charge in [0.05, 0.1) is 5.92 Å². The molecule has 2 unspecified atom stereocenters. The zero-order valence-corrected chi connectivity index (χ0v) is 11.3. The molecule has 19 heavy (non-hydrogen) atoms. The van der Waals surface area contributed by atoms with E-state index >= 15 is 0 Å². The molecule has 0 saturated heterocycles. The Labute approximate surface area is 113 Å². The lowest BCUT2D eigenvalue weighted by molar-refractivity contribution is 0.360. The van der Waals surface area contributed by atoms with Crippen LogP contribution in [-0.2, 0) is 0 Å². The van der Waals surface area contributed by atoms with Crippen molar-refractivity contribution in [1.82, 2.24) is 10.1 Å². The predicted molar refractivity (Wildman–Crippen MR) is 72.8 cm³/mol. The highest BCUT2D eigenvalue weighted by Gasteiger charge is 2.49. The second-order valence-corrected chi connectivity index (χ2v) is 5.94. The van der Waals surface area contributed by atoms with Gasteiger partial charge >= 0.3 is 0 Å². The third-order valence-corrected chi connectivity index (χ3v) is 4.02. The summed E-state index contributed by atoms with van der Waals surface area (Å²) in [6.45, 7) is 4.93. The van der Waals surface area contributed by atoms with E-state index in [2.05, 4.69) is 24.0 Å². The van der Waals surface area contributed by atoms with Crippen LogP contribution in [0.2, 0.25) is 0 Å². The molecule has 3 rings (SSSR count). The van der Waals surface area contributed by atoms with Crippen LogP contribution in [0, 0.1) is 5.41 Å². The van der Waals surface area contributed by atoms with Crippen molar-refractivity contribution in [3.63, 3.8) is 0 Å². The highest BCUT2D eigenvalue weighted by atomic mass is 16.5. The van der Waals surface area contributed by atoms with E-state index in [9.17, 15) is 0 Å². The van der Waals surface area contributed by atoms with Crippen LogP contribution < -0.4 is 5.73 Å². The van der Waals surface area contributed by atoms with Gasteiger partial charge < -0.3 is 10.3 Å². The van der Waals surface area contributed by atoms with Crippen molar-refractivity contribution in [3.8, 4) is 0 Å². The Balaban J connectivity index is 1.85. The molecule has 0 radical (unpaired) electrons. The molecular formula is C15H19N3O. The second kappa shape index (κ2) is 4.46. The number of nitrogens with zero attached hydrogens (tertiary/aromatic N) is 2. The van der Waals surface area contributed by atoms with Crippen LogP contribution in [0.25, 0.3) is 0 Å². The normalized spacial score (nSPS) is 22.2. The van der Waals surface area contributed by atoms with Gasteiger partial charge in [0.2, 0.25) is 5.89 Å². The highest BCUT2D eigenvalue weighted by Crippen LogP contribution is 2.57. The van der Waals surface area contributed by atoms with Crippen molar-refractivity contribution in [2.24, 2.45) is 11.1 Å². The number of nitrogens with two attached hydrogens (primary N) is 1. The van der Waals surface area contributed by atoms with Gasteiger partial charge in [-0.3, -0.25) is 0 Å². The molecule has 1 aliphatic rings. The molecule has 0 bridgehead atoms. The Morgan fingerprint density at radius 3 is 2.63 bits per heavy atom.